The number of hydrogen-bond donors (Lipinski definition) is 4. The molecule has 1 aromatic carbocycles. The van der Waals surface area contributed by atoms with Gasteiger partial charge in [-0.3, -0.25) is 4.79 Å². The highest BCUT2D eigenvalue weighted by Gasteiger charge is 2.20. The number of carbonyl (C=O) groups is 1. The van der Waals surface area contributed by atoms with Crippen molar-refractivity contribution in [3.8, 4) is 0 Å². The molecule has 1 amide bonds. The largest absolute Gasteiger partial charge is 0.394 e. The number of carbonyl (C=O) groups excluding carboxylic acids is 1. The quantitative estimate of drug-likeness (QED) is 0.581. The fourth-order valence-electron chi connectivity index (χ4n) is 3.55. The van der Waals surface area contributed by atoms with E-state index in [1.807, 2.05) is 36.5 Å². The van der Waals surface area contributed by atoms with E-state index in [2.05, 4.69) is 15.3 Å². The molecule has 124 valence electrons. The molecular weight excluding hydrogens is 302 g/mol. The van der Waals surface area contributed by atoms with Crippen LogP contribution < -0.4 is 5.32 Å². The van der Waals surface area contributed by atoms with E-state index in [1.165, 1.54) is 11.3 Å². The third-order valence-corrected chi connectivity index (χ3v) is 4.81. The van der Waals surface area contributed by atoms with Crippen LogP contribution >= 0.6 is 0 Å². The van der Waals surface area contributed by atoms with Gasteiger partial charge in [-0.25, -0.2) is 0 Å². The molecule has 2 aromatic heterocycles. The Balaban J connectivity index is 1.48. The van der Waals surface area contributed by atoms with Gasteiger partial charge in [0.2, 0.25) is 0 Å². The number of aliphatic hydroxyl groups is 1. The van der Waals surface area contributed by atoms with Gasteiger partial charge >= 0.3 is 0 Å². The molecule has 4 rings (SSSR count). The van der Waals surface area contributed by atoms with E-state index in [1.54, 1.807) is 0 Å². The van der Waals surface area contributed by atoms with E-state index in [9.17, 15) is 9.90 Å². The topological polar surface area (TPSA) is 80.9 Å². The maximum Gasteiger partial charge on any atom is 0.268 e. The number of H-pyrrole nitrogens is 2. The summed E-state index contributed by atoms with van der Waals surface area (Å²) in [5.41, 5.74) is 5.18. The summed E-state index contributed by atoms with van der Waals surface area (Å²) in [5, 5.41) is 13.7. The van der Waals surface area contributed by atoms with Gasteiger partial charge in [0, 0.05) is 22.8 Å². The summed E-state index contributed by atoms with van der Waals surface area (Å²) in [6.07, 6.45) is 5.75. The molecule has 0 aliphatic heterocycles. The minimum Gasteiger partial charge on any atom is -0.394 e. The zero-order valence-corrected chi connectivity index (χ0v) is 13.4. The van der Waals surface area contributed by atoms with Crippen LogP contribution in [0.15, 0.2) is 36.5 Å². The predicted octanol–water partition coefficient (Wildman–Crippen LogP) is 2.32. The number of para-hydroxylation sites is 1. The van der Waals surface area contributed by atoms with Crippen LogP contribution in [-0.2, 0) is 19.3 Å². The molecule has 2 heterocycles. The fourth-order valence-corrected chi connectivity index (χ4v) is 3.55. The summed E-state index contributed by atoms with van der Waals surface area (Å²) < 4.78 is 0. The molecule has 0 radical (unpaired) electrons. The highest BCUT2D eigenvalue weighted by molar-refractivity contribution is 5.93. The van der Waals surface area contributed by atoms with Crippen molar-refractivity contribution >= 4 is 16.8 Å². The first kappa shape index (κ1) is 15.0. The van der Waals surface area contributed by atoms with E-state index in [-0.39, 0.29) is 18.6 Å². The molecule has 1 aliphatic rings. The molecule has 5 nitrogen and oxygen atoms in total. The van der Waals surface area contributed by atoms with Crippen LogP contribution in [0.1, 0.15) is 33.7 Å². The summed E-state index contributed by atoms with van der Waals surface area (Å²) in [6.45, 7) is -0.0916. The van der Waals surface area contributed by atoms with Crippen LogP contribution in [0.4, 0.5) is 0 Å². The lowest BCUT2D eigenvalue weighted by Gasteiger charge is -2.15. The lowest BCUT2D eigenvalue weighted by Crippen LogP contribution is -2.39. The zero-order valence-electron chi connectivity index (χ0n) is 13.4. The van der Waals surface area contributed by atoms with Crippen LogP contribution in [0.25, 0.3) is 10.9 Å². The first-order valence-electron chi connectivity index (χ1n) is 8.42. The Morgan fingerprint density at radius 2 is 2.17 bits per heavy atom. The summed E-state index contributed by atoms with van der Waals surface area (Å²) in [4.78, 5) is 18.9. The van der Waals surface area contributed by atoms with Crippen LogP contribution in [-0.4, -0.2) is 33.6 Å². The molecule has 0 saturated heterocycles. The average Bonchev–Trinajstić information content (AvgIpc) is 3.28. The maximum atomic E-state index is 12.5. The Bertz CT molecular complexity index is 856. The van der Waals surface area contributed by atoms with E-state index in [0.717, 1.165) is 35.7 Å². The van der Waals surface area contributed by atoms with Gasteiger partial charge in [-0.15, -0.1) is 0 Å². The van der Waals surface area contributed by atoms with Crippen molar-refractivity contribution in [1.82, 2.24) is 15.3 Å². The third-order valence-electron chi connectivity index (χ3n) is 4.81. The molecular formula is C19H21N3O2. The standard InChI is InChI=1S/C19H21N3O2/c23-11-14(8-13-10-20-17-6-2-1-5-15(13)17)21-19(24)18-9-12-4-3-7-16(12)22-18/h1-2,5-6,9-10,14,20,22-23H,3-4,7-8,11H2,(H,21,24). The van der Waals surface area contributed by atoms with Crippen molar-refractivity contribution in [3.63, 3.8) is 0 Å². The van der Waals surface area contributed by atoms with Crippen molar-refractivity contribution in [2.75, 3.05) is 6.61 Å². The van der Waals surface area contributed by atoms with Crippen molar-refractivity contribution in [2.45, 2.75) is 31.7 Å². The Kier molecular flexibility index (Phi) is 3.86. The lowest BCUT2D eigenvalue weighted by molar-refractivity contribution is 0.0912. The Labute approximate surface area is 140 Å². The number of amides is 1. The first-order chi connectivity index (χ1) is 11.7. The van der Waals surface area contributed by atoms with E-state index < -0.39 is 0 Å². The molecule has 1 unspecified atom stereocenters. The summed E-state index contributed by atoms with van der Waals surface area (Å²) in [7, 11) is 0. The smallest absolute Gasteiger partial charge is 0.268 e. The molecule has 0 fully saturated rings. The number of nitrogens with one attached hydrogen (secondary N) is 3. The molecule has 0 spiro atoms. The Morgan fingerprint density at radius 1 is 1.29 bits per heavy atom. The maximum absolute atomic E-state index is 12.5. The second-order valence-electron chi connectivity index (χ2n) is 6.46. The van der Waals surface area contributed by atoms with E-state index in [0.29, 0.717) is 12.1 Å². The average molecular weight is 323 g/mol. The van der Waals surface area contributed by atoms with Crippen LogP contribution in [0.3, 0.4) is 0 Å². The fraction of sp³-hybridized carbons (Fsp3) is 0.316. The third kappa shape index (κ3) is 2.71. The number of aryl methyl sites for hydroxylation is 2. The molecule has 1 aliphatic carbocycles. The van der Waals surface area contributed by atoms with Gasteiger partial charge < -0.3 is 20.4 Å². The van der Waals surface area contributed by atoms with Crippen molar-refractivity contribution < 1.29 is 9.90 Å². The van der Waals surface area contributed by atoms with Crippen LogP contribution in [0, 0.1) is 0 Å². The van der Waals surface area contributed by atoms with E-state index >= 15 is 0 Å². The summed E-state index contributed by atoms with van der Waals surface area (Å²) in [6, 6.07) is 9.68. The SMILES string of the molecule is O=C(NC(CO)Cc1c[nH]c2ccccc12)c1cc2c([nH]1)CCC2. The number of aliphatic hydroxyl groups excluding tert-OH is 1. The highest BCUT2D eigenvalue weighted by Crippen LogP contribution is 2.22. The molecule has 5 heteroatoms. The minimum atomic E-state index is -0.310. The number of hydrogen-bond acceptors (Lipinski definition) is 2. The summed E-state index contributed by atoms with van der Waals surface area (Å²) in [5.74, 6) is -0.150. The summed E-state index contributed by atoms with van der Waals surface area (Å²) >= 11 is 0. The number of rotatable bonds is 5. The second-order valence-corrected chi connectivity index (χ2v) is 6.46. The van der Waals surface area contributed by atoms with E-state index in [4.69, 9.17) is 0 Å². The molecule has 0 bridgehead atoms. The van der Waals surface area contributed by atoms with Gasteiger partial charge in [0.15, 0.2) is 0 Å². The predicted molar refractivity (Wildman–Crippen MR) is 93.2 cm³/mol. The van der Waals surface area contributed by atoms with Crippen LogP contribution in [0.2, 0.25) is 0 Å². The highest BCUT2D eigenvalue weighted by atomic mass is 16.3. The van der Waals surface area contributed by atoms with Crippen LogP contribution in [0.5, 0.6) is 0 Å². The Morgan fingerprint density at radius 3 is 3.00 bits per heavy atom. The van der Waals surface area contributed by atoms with Gasteiger partial charge in [0.05, 0.1) is 12.6 Å². The van der Waals surface area contributed by atoms with Gasteiger partial charge in [0.25, 0.3) is 5.91 Å². The molecule has 4 N–H and O–H groups in total. The van der Waals surface area contributed by atoms with Gasteiger partial charge in [-0.2, -0.15) is 0 Å². The molecule has 3 aromatic rings. The van der Waals surface area contributed by atoms with Gasteiger partial charge in [-0.1, -0.05) is 18.2 Å². The zero-order chi connectivity index (χ0) is 16.5. The van der Waals surface area contributed by atoms with Crippen molar-refractivity contribution in [1.29, 1.82) is 0 Å². The van der Waals surface area contributed by atoms with Gasteiger partial charge in [-0.05, 0) is 48.9 Å². The van der Waals surface area contributed by atoms with Gasteiger partial charge in [0.1, 0.15) is 5.69 Å². The number of benzene rings is 1. The molecule has 0 saturated carbocycles. The normalized spacial score (nSPS) is 14.7. The number of aromatic nitrogens is 2. The monoisotopic (exact) mass is 323 g/mol. The number of fused-ring (bicyclic) bond motifs is 2. The molecule has 24 heavy (non-hydrogen) atoms. The van der Waals surface area contributed by atoms with Crippen molar-refractivity contribution in [3.05, 3.63) is 59.0 Å². The molecule has 1 atom stereocenters. The van der Waals surface area contributed by atoms with Crippen molar-refractivity contribution in [2.24, 2.45) is 0 Å². The second kappa shape index (κ2) is 6.17. The first-order valence-corrected chi connectivity index (χ1v) is 8.42. The number of aromatic amines is 2. The minimum absolute atomic E-state index is 0.0916. The Hall–Kier alpha value is -2.53. The lowest BCUT2D eigenvalue weighted by atomic mass is 10.1.